The molecule has 0 saturated heterocycles. The van der Waals surface area contributed by atoms with Crippen molar-refractivity contribution >= 4 is 10.4 Å². The minimum atomic E-state index is -4.60. The Balaban J connectivity index is 4.20. The molecule has 0 fully saturated rings. The predicted octanol–water partition coefficient (Wildman–Crippen LogP) is -0.139. The van der Waals surface area contributed by atoms with Crippen LogP contribution in [0, 0.1) is 10.1 Å². The topological polar surface area (TPSA) is 107 Å². The van der Waals surface area contributed by atoms with Gasteiger partial charge in [-0.3, -0.25) is 14.7 Å². The Morgan fingerprint density at radius 1 is 1.58 bits per heavy atom. The molecule has 0 spiro atoms. The van der Waals surface area contributed by atoms with Crippen molar-refractivity contribution in [2.75, 3.05) is 6.61 Å². The first-order valence-corrected chi connectivity index (χ1v) is 4.28. The standard InChI is InChI=1S/C4H9NO6S/c1-4(2,5(6)7)3-11-12(8,9)10/h3H2,1-2H3,(H,8,9,10). The van der Waals surface area contributed by atoms with Gasteiger partial charge in [-0.05, 0) is 0 Å². The third kappa shape index (κ3) is 4.21. The molecule has 0 heterocycles. The van der Waals surface area contributed by atoms with Gasteiger partial charge >= 0.3 is 10.4 Å². The van der Waals surface area contributed by atoms with Gasteiger partial charge in [-0.1, -0.05) is 0 Å². The Morgan fingerprint density at radius 2 is 2.00 bits per heavy atom. The summed E-state index contributed by atoms with van der Waals surface area (Å²) in [5, 5.41) is 10.2. The van der Waals surface area contributed by atoms with Gasteiger partial charge in [-0.15, -0.1) is 0 Å². The number of nitrogens with zero attached hydrogens (tertiary/aromatic N) is 1. The molecule has 0 aliphatic heterocycles. The average Bonchev–Trinajstić information content (AvgIpc) is 1.82. The van der Waals surface area contributed by atoms with Crippen molar-refractivity contribution in [2.45, 2.75) is 19.4 Å². The Labute approximate surface area is 69.4 Å². The smallest absolute Gasteiger partial charge is 0.264 e. The molecule has 0 radical (unpaired) electrons. The second-order valence-electron chi connectivity index (χ2n) is 2.76. The summed E-state index contributed by atoms with van der Waals surface area (Å²) >= 11 is 0. The molecule has 0 aliphatic rings. The van der Waals surface area contributed by atoms with Gasteiger partial charge in [0.05, 0.1) is 0 Å². The average molecular weight is 199 g/mol. The van der Waals surface area contributed by atoms with Crippen LogP contribution in [-0.4, -0.2) is 30.0 Å². The van der Waals surface area contributed by atoms with Crippen LogP contribution >= 0.6 is 0 Å². The van der Waals surface area contributed by atoms with E-state index in [1.807, 2.05) is 0 Å². The van der Waals surface area contributed by atoms with Crippen molar-refractivity contribution in [2.24, 2.45) is 0 Å². The van der Waals surface area contributed by atoms with Gasteiger partial charge in [-0.25, -0.2) is 4.18 Å². The first-order valence-electron chi connectivity index (χ1n) is 2.91. The molecule has 0 saturated carbocycles. The first-order chi connectivity index (χ1) is 5.15. The van der Waals surface area contributed by atoms with E-state index in [0.29, 0.717) is 0 Å². The lowest BCUT2D eigenvalue weighted by Gasteiger charge is -2.13. The summed E-state index contributed by atoms with van der Waals surface area (Å²) in [4.78, 5) is 9.49. The van der Waals surface area contributed by atoms with E-state index in [-0.39, 0.29) is 0 Å². The van der Waals surface area contributed by atoms with E-state index in [4.69, 9.17) is 4.55 Å². The molecule has 0 atom stereocenters. The maximum Gasteiger partial charge on any atom is 0.397 e. The third-order valence-corrected chi connectivity index (χ3v) is 1.47. The van der Waals surface area contributed by atoms with E-state index in [1.165, 1.54) is 13.8 Å². The lowest BCUT2D eigenvalue weighted by atomic mass is 10.1. The molecule has 0 aromatic heterocycles. The second-order valence-corrected chi connectivity index (χ2v) is 3.85. The van der Waals surface area contributed by atoms with Gasteiger partial charge in [-0.2, -0.15) is 8.42 Å². The maximum absolute atomic E-state index is 10.2. The molecular formula is C4H9NO6S. The lowest BCUT2D eigenvalue weighted by molar-refractivity contribution is -0.562. The van der Waals surface area contributed by atoms with Crippen LogP contribution in [0.3, 0.4) is 0 Å². The normalized spacial score (nSPS) is 12.9. The van der Waals surface area contributed by atoms with Crippen LogP contribution in [0.2, 0.25) is 0 Å². The lowest BCUT2D eigenvalue weighted by Crippen LogP contribution is -2.37. The monoisotopic (exact) mass is 199 g/mol. The summed E-state index contributed by atoms with van der Waals surface area (Å²) in [5.74, 6) is 0. The van der Waals surface area contributed by atoms with E-state index >= 15 is 0 Å². The van der Waals surface area contributed by atoms with Gasteiger partial charge in [0.15, 0.2) is 0 Å². The van der Waals surface area contributed by atoms with Crippen LogP contribution < -0.4 is 0 Å². The Hall–Kier alpha value is -0.730. The van der Waals surface area contributed by atoms with Crippen LogP contribution in [0.5, 0.6) is 0 Å². The van der Waals surface area contributed by atoms with Crippen molar-refractivity contribution in [3.63, 3.8) is 0 Å². The Kier molecular flexibility index (Phi) is 3.13. The van der Waals surface area contributed by atoms with Gasteiger partial charge in [0.2, 0.25) is 5.54 Å². The molecule has 7 nitrogen and oxygen atoms in total. The van der Waals surface area contributed by atoms with Crippen molar-refractivity contribution in [3.05, 3.63) is 10.1 Å². The molecule has 1 N–H and O–H groups in total. The SMILES string of the molecule is CC(C)(COS(=O)(=O)O)[N+](=O)[O-]. The molecule has 0 aromatic rings. The van der Waals surface area contributed by atoms with E-state index < -0.39 is 27.5 Å². The Morgan fingerprint density at radius 3 is 2.25 bits per heavy atom. The van der Waals surface area contributed by atoms with Crippen LogP contribution in [0.15, 0.2) is 0 Å². The second kappa shape index (κ2) is 3.33. The number of nitro groups is 1. The van der Waals surface area contributed by atoms with Crippen LogP contribution in [0.4, 0.5) is 0 Å². The fourth-order valence-corrected chi connectivity index (χ4v) is 0.709. The van der Waals surface area contributed by atoms with Gasteiger partial charge in [0.1, 0.15) is 6.61 Å². The highest BCUT2D eigenvalue weighted by molar-refractivity contribution is 7.80. The summed E-state index contributed by atoms with van der Waals surface area (Å²) in [6.07, 6.45) is 0. The van der Waals surface area contributed by atoms with Gasteiger partial charge in [0.25, 0.3) is 0 Å². The van der Waals surface area contributed by atoms with Crippen LogP contribution in [0.1, 0.15) is 13.8 Å². The molecule has 0 rings (SSSR count). The maximum atomic E-state index is 10.2. The zero-order chi connectivity index (χ0) is 9.99. The fraction of sp³-hybridized carbons (Fsp3) is 1.00. The van der Waals surface area contributed by atoms with Crippen LogP contribution in [-0.2, 0) is 14.6 Å². The highest BCUT2D eigenvalue weighted by atomic mass is 32.3. The quantitative estimate of drug-likeness (QED) is 0.383. The van der Waals surface area contributed by atoms with Crippen molar-refractivity contribution < 1.29 is 22.1 Å². The zero-order valence-corrected chi connectivity index (χ0v) is 7.37. The minimum Gasteiger partial charge on any atom is -0.264 e. The van der Waals surface area contributed by atoms with E-state index in [1.54, 1.807) is 0 Å². The van der Waals surface area contributed by atoms with Crippen molar-refractivity contribution in [3.8, 4) is 0 Å². The minimum absolute atomic E-state index is 0.696. The van der Waals surface area contributed by atoms with E-state index in [0.717, 1.165) is 0 Å². The molecular weight excluding hydrogens is 190 g/mol. The molecule has 0 bridgehead atoms. The Bertz CT molecular complexity index is 267. The van der Waals surface area contributed by atoms with Crippen molar-refractivity contribution in [1.29, 1.82) is 0 Å². The summed E-state index contributed by atoms with van der Waals surface area (Å²) < 4.78 is 32.0. The van der Waals surface area contributed by atoms with E-state index in [2.05, 4.69) is 4.18 Å². The van der Waals surface area contributed by atoms with Gasteiger partial charge < -0.3 is 0 Å². The molecule has 72 valence electrons. The molecule has 0 amide bonds. The molecule has 8 heteroatoms. The van der Waals surface area contributed by atoms with E-state index in [9.17, 15) is 18.5 Å². The molecule has 0 aliphatic carbocycles. The third-order valence-electron chi connectivity index (χ3n) is 1.06. The molecule has 12 heavy (non-hydrogen) atoms. The number of rotatable bonds is 4. The summed E-state index contributed by atoms with van der Waals surface area (Å²) in [5.41, 5.74) is -1.53. The molecule has 0 aromatic carbocycles. The highest BCUT2D eigenvalue weighted by Crippen LogP contribution is 2.08. The first kappa shape index (κ1) is 11.3. The number of hydrogen-bond acceptors (Lipinski definition) is 5. The largest absolute Gasteiger partial charge is 0.397 e. The summed E-state index contributed by atoms with van der Waals surface area (Å²) in [6.45, 7) is 1.66. The van der Waals surface area contributed by atoms with Crippen molar-refractivity contribution in [1.82, 2.24) is 0 Å². The predicted molar refractivity (Wildman–Crippen MR) is 38.6 cm³/mol. The fourth-order valence-electron chi connectivity index (χ4n) is 0.271. The number of hydrogen-bond donors (Lipinski definition) is 1. The summed E-state index contributed by atoms with van der Waals surface area (Å²) in [6, 6.07) is 0. The highest BCUT2D eigenvalue weighted by Gasteiger charge is 2.33. The van der Waals surface area contributed by atoms with Crippen LogP contribution in [0.25, 0.3) is 0 Å². The summed E-state index contributed by atoms with van der Waals surface area (Å²) in [7, 11) is -4.60. The molecule has 0 unspecified atom stereocenters. The zero-order valence-electron chi connectivity index (χ0n) is 6.55. The van der Waals surface area contributed by atoms with Gasteiger partial charge in [0, 0.05) is 18.8 Å².